The minimum absolute atomic E-state index is 1.63. The van der Waals surface area contributed by atoms with E-state index in [1.54, 1.807) is 0 Å². The average Bonchev–Trinajstić information content (AvgIpc) is 1.32. The van der Waals surface area contributed by atoms with Gasteiger partial charge in [-0.1, -0.05) is 0 Å². The second-order valence-electron chi connectivity index (χ2n) is 0.762. The van der Waals surface area contributed by atoms with Gasteiger partial charge in [-0.25, -0.2) is 0 Å². The number of hydrogen-bond acceptors (Lipinski definition) is 4. The molecule has 0 bridgehead atoms. The summed E-state index contributed by atoms with van der Waals surface area (Å²) in [6.45, 7) is 0. The summed E-state index contributed by atoms with van der Waals surface area (Å²) in [6, 6.07) is 0. The number of rotatable bonds is 0. The fraction of sp³-hybridized carbons (Fsp3) is 0. The third kappa shape index (κ3) is 0.982. The van der Waals surface area contributed by atoms with Gasteiger partial charge in [0.05, 0.1) is 0 Å². The van der Waals surface area contributed by atoms with Crippen molar-refractivity contribution in [1.82, 2.24) is 0 Å². The predicted molar refractivity (Wildman–Crippen MR) is 3.54 cm³/mol. The standard InChI is InChI=1S/Cr.Hg.4O. The summed E-state index contributed by atoms with van der Waals surface area (Å²) >= 11 is -5.63. The van der Waals surface area contributed by atoms with Crippen molar-refractivity contribution in [2.45, 2.75) is 0 Å². The van der Waals surface area contributed by atoms with Crippen LogP contribution in [0.4, 0.5) is 0 Å². The minimum atomic E-state index is -4.00. The Morgan fingerprint density at radius 1 is 1.33 bits per heavy atom. The maximum absolute atomic E-state index is 9.77. The van der Waals surface area contributed by atoms with Crippen LogP contribution in [-0.4, -0.2) is 0 Å². The second-order valence-corrected chi connectivity index (χ2v) is 11.2. The van der Waals surface area contributed by atoms with Crippen LogP contribution in [0.3, 0.4) is 0 Å². The van der Waals surface area contributed by atoms with Crippen LogP contribution in [0.25, 0.3) is 0 Å². The first kappa shape index (κ1) is 5.13. The first-order valence-corrected chi connectivity index (χ1v) is 7.81. The fourth-order valence-corrected chi connectivity index (χ4v) is 4.58. The molecule has 0 aromatic rings. The van der Waals surface area contributed by atoms with Gasteiger partial charge in [0.2, 0.25) is 0 Å². The Balaban J connectivity index is 2.78. The van der Waals surface area contributed by atoms with Crippen LogP contribution in [0.2, 0.25) is 0 Å². The zero-order chi connectivity index (χ0) is 4.62. The average molecular weight is 317 g/mol. The summed E-state index contributed by atoms with van der Waals surface area (Å²) in [5, 5.41) is 0. The Morgan fingerprint density at radius 3 is 1.67 bits per heavy atom. The molecule has 0 atom stereocenters. The molecular formula is CrHgO4. The van der Waals surface area contributed by atoms with Gasteiger partial charge >= 0.3 is 50.1 Å². The van der Waals surface area contributed by atoms with Crippen molar-refractivity contribution in [1.29, 1.82) is 0 Å². The van der Waals surface area contributed by atoms with Crippen molar-refractivity contribution in [3.63, 3.8) is 0 Å². The summed E-state index contributed by atoms with van der Waals surface area (Å²) in [7, 11) is 0. The van der Waals surface area contributed by atoms with Crippen molar-refractivity contribution >= 4 is 0 Å². The molecule has 1 saturated heterocycles. The monoisotopic (exact) mass is 318 g/mol. The molecule has 6 heavy (non-hydrogen) atoms. The van der Waals surface area contributed by atoms with Crippen LogP contribution >= 0.6 is 0 Å². The van der Waals surface area contributed by atoms with Crippen molar-refractivity contribution < 1.29 is 50.1 Å². The Morgan fingerprint density at radius 2 is 1.67 bits per heavy atom. The SMILES string of the molecule is [O]=[Cr]1(=[O])[O][Hg][O]1. The Hall–Kier alpha value is 0.988. The summed E-state index contributed by atoms with van der Waals surface area (Å²) in [4.78, 5) is 0. The van der Waals surface area contributed by atoms with E-state index < -0.39 is 39.1 Å². The molecule has 0 spiro atoms. The fourth-order valence-electron chi connectivity index (χ4n) is 0.127. The van der Waals surface area contributed by atoms with Crippen molar-refractivity contribution in [3.05, 3.63) is 0 Å². The van der Waals surface area contributed by atoms with E-state index >= 15 is 0 Å². The first-order valence-electron chi connectivity index (χ1n) is 1.24. The van der Waals surface area contributed by atoms with E-state index in [0.717, 1.165) is 0 Å². The zero-order valence-electron chi connectivity index (χ0n) is 2.75. The van der Waals surface area contributed by atoms with E-state index in [1.165, 1.54) is 0 Å². The van der Waals surface area contributed by atoms with Crippen molar-refractivity contribution in [2.24, 2.45) is 0 Å². The molecule has 0 amide bonds. The third-order valence-corrected chi connectivity index (χ3v) is 13.9. The molecule has 0 saturated carbocycles. The molecule has 0 aliphatic carbocycles. The molecule has 0 N–H and O–H groups in total. The summed E-state index contributed by atoms with van der Waals surface area (Å²) < 4.78 is 27.9. The van der Waals surface area contributed by atoms with E-state index in [0.29, 0.717) is 0 Å². The van der Waals surface area contributed by atoms with E-state index in [2.05, 4.69) is 3.39 Å². The van der Waals surface area contributed by atoms with Gasteiger partial charge in [-0.15, -0.1) is 0 Å². The van der Waals surface area contributed by atoms with Gasteiger partial charge in [-0.3, -0.25) is 0 Å². The van der Waals surface area contributed by atoms with E-state index in [9.17, 15) is 7.61 Å². The van der Waals surface area contributed by atoms with E-state index in [4.69, 9.17) is 0 Å². The molecular weight excluding hydrogens is 317 g/mol. The molecule has 1 aliphatic heterocycles. The van der Waals surface area contributed by atoms with Gasteiger partial charge in [0.1, 0.15) is 0 Å². The molecule has 1 fully saturated rings. The van der Waals surface area contributed by atoms with Crippen molar-refractivity contribution in [3.8, 4) is 0 Å². The molecule has 0 aromatic carbocycles. The van der Waals surface area contributed by atoms with Crippen LogP contribution in [-0.2, 0) is 50.1 Å². The van der Waals surface area contributed by atoms with Gasteiger partial charge in [0.25, 0.3) is 0 Å². The number of hydrogen-bond donors (Lipinski definition) is 0. The molecule has 4 nitrogen and oxygen atoms in total. The molecule has 0 aromatic heterocycles. The zero-order valence-corrected chi connectivity index (χ0v) is 9.52. The van der Waals surface area contributed by atoms with Gasteiger partial charge in [0, 0.05) is 0 Å². The molecule has 6 heteroatoms. The molecule has 1 heterocycles. The molecule has 32 valence electrons. The first-order chi connectivity index (χ1) is 2.71. The second kappa shape index (κ2) is 1.49. The quantitative estimate of drug-likeness (QED) is 0.572. The van der Waals surface area contributed by atoms with Gasteiger partial charge in [-0.2, -0.15) is 0 Å². The maximum atomic E-state index is 9.77. The van der Waals surface area contributed by atoms with Gasteiger partial charge in [-0.05, 0) is 0 Å². The van der Waals surface area contributed by atoms with E-state index in [1.807, 2.05) is 0 Å². The summed E-state index contributed by atoms with van der Waals surface area (Å²) in [5.41, 5.74) is 0. The van der Waals surface area contributed by atoms with Crippen molar-refractivity contribution in [2.75, 3.05) is 0 Å². The summed E-state index contributed by atoms with van der Waals surface area (Å²) in [5.74, 6) is 0. The van der Waals surface area contributed by atoms with Crippen LogP contribution in [0.1, 0.15) is 0 Å². The molecule has 0 radical (unpaired) electrons. The Labute approximate surface area is 50.0 Å². The van der Waals surface area contributed by atoms with Gasteiger partial charge < -0.3 is 0 Å². The van der Waals surface area contributed by atoms with Crippen LogP contribution < -0.4 is 0 Å². The summed E-state index contributed by atoms with van der Waals surface area (Å²) in [6.07, 6.45) is 0. The topological polar surface area (TPSA) is 52.6 Å². The molecule has 0 unspecified atom stereocenters. The van der Waals surface area contributed by atoms with E-state index in [-0.39, 0.29) is 0 Å². The third-order valence-electron chi connectivity index (χ3n) is 0.385. The normalized spacial score (nSPS) is 26.0. The van der Waals surface area contributed by atoms with Gasteiger partial charge in [0.15, 0.2) is 0 Å². The van der Waals surface area contributed by atoms with Crippen LogP contribution in [0.5, 0.6) is 0 Å². The molecule has 1 aliphatic rings. The van der Waals surface area contributed by atoms with Crippen LogP contribution in [0.15, 0.2) is 0 Å². The predicted octanol–water partition coefficient (Wildman–Crippen LogP) is -0.379. The Bertz CT molecular complexity index is 122. The Kier molecular flexibility index (Phi) is 1.28. The molecule has 1 rings (SSSR count). The van der Waals surface area contributed by atoms with Crippen LogP contribution in [0, 0.1) is 0 Å².